The molecule has 0 radical (unpaired) electrons. The van der Waals surface area contributed by atoms with Crippen molar-refractivity contribution in [3.05, 3.63) is 75.2 Å². The first-order valence-electron chi connectivity index (χ1n) is 8.93. The SMILES string of the molecule is CCOC(=O)c1c(-c2cccc([N+](=O)[O-])c2)csc1NC(=O)c1ccc(OC)cc1. The van der Waals surface area contributed by atoms with Gasteiger partial charge in [-0.05, 0) is 36.8 Å². The summed E-state index contributed by atoms with van der Waals surface area (Å²) >= 11 is 1.14. The van der Waals surface area contributed by atoms with Gasteiger partial charge in [0.25, 0.3) is 11.6 Å². The Kier molecular flexibility index (Phi) is 6.43. The fourth-order valence-electron chi connectivity index (χ4n) is 2.77. The van der Waals surface area contributed by atoms with E-state index >= 15 is 0 Å². The van der Waals surface area contributed by atoms with Gasteiger partial charge < -0.3 is 14.8 Å². The van der Waals surface area contributed by atoms with Crippen molar-refractivity contribution in [1.82, 2.24) is 0 Å². The summed E-state index contributed by atoms with van der Waals surface area (Å²) in [4.78, 5) is 35.9. The Morgan fingerprint density at radius 3 is 2.53 bits per heavy atom. The topological polar surface area (TPSA) is 108 Å². The van der Waals surface area contributed by atoms with Crippen molar-refractivity contribution in [3.8, 4) is 16.9 Å². The average molecular weight is 426 g/mol. The molecule has 1 amide bonds. The first-order valence-corrected chi connectivity index (χ1v) is 9.81. The van der Waals surface area contributed by atoms with Crippen molar-refractivity contribution in [2.45, 2.75) is 6.92 Å². The molecule has 3 rings (SSSR count). The molecule has 2 aromatic carbocycles. The van der Waals surface area contributed by atoms with Crippen LogP contribution in [0.5, 0.6) is 5.75 Å². The van der Waals surface area contributed by atoms with Crippen LogP contribution in [0.2, 0.25) is 0 Å². The van der Waals surface area contributed by atoms with E-state index in [1.165, 1.54) is 25.3 Å². The number of hydrogen-bond acceptors (Lipinski definition) is 7. The van der Waals surface area contributed by atoms with Gasteiger partial charge in [0, 0.05) is 28.6 Å². The second kappa shape index (κ2) is 9.19. The van der Waals surface area contributed by atoms with E-state index in [0.29, 0.717) is 27.4 Å². The van der Waals surface area contributed by atoms with Crippen LogP contribution in [0.15, 0.2) is 53.9 Å². The molecule has 0 saturated heterocycles. The number of carbonyl (C=O) groups is 2. The molecule has 0 fully saturated rings. The van der Waals surface area contributed by atoms with Gasteiger partial charge in [-0.1, -0.05) is 12.1 Å². The minimum absolute atomic E-state index is 0.0997. The molecule has 0 unspecified atom stereocenters. The normalized spacial score (nSPS) is 10.3. The quantitative estimate of drug-likeness (QED) is 0.331. The van der Waals surface area contributed by atoms with Gasteiger partial charge in [-0.2, -0.15) is 0 Å². The number of amides is 1. The Labute approximate surface area is 176 Å². The van der Waals surface area contributed by atoms with E-state index in [2.05, 4.69) is 5.32 Å². The lowest BCUT2D eigenvalue weighted by molar-refractivity contribution is -0.384. The predicted molar refractivity (Wildman–Crippen MR) is 113 cm³/mol. The molecule has 0 saturated carbocycles. The number of ether oxygens (including phenoxy) is 2. The van der Waals surface area contributed by atoms with Gasteiger partial charge in [0.15, 0.2) is 0 Å². The van der Waals surface area contributed by atoms with Crippen LogP contribution in [-0.4, -0.2) is 30.5 Å². The van der Waals surface area contributed by atoms with Crippen LogP contribution >= 0.6 is 11.3 Å². The molecule has 1 aromatic heterocycles. The predicted octanol–water partition coefficient (Wildman–Crippen LogP) is 4.76. The van der Waals surface area contributed by atoms with Gasteiger partial charge in [-0.3, -0.25) is 14.9 Å². The van der Waals surface area contributed by atoms with Crippen LogP contribution < -0.4 is 10.1 Å². The minimum Gasteiger partial charge on any atom is -0.497 e. The number of benzene rings is 2. The highest BCUT2D eigenvalue weighted by molar-refractivity contribution is 7.15. The molecule has 154 valence electrons. The summed E-state index contributed by atoms with van der Waals surface area (Å²) in [6.07, 6.45) is 0. The summed E-state index contributed by atoms with van der Waals surface area (Å²) in [6.45, 7) is 1.82. The standard InChI is InChI=1S/C21H18N2O6S/c1-3-29-21(25)18-17(14-5-4-6-15(11-14)23(26)27)12-30-20(18)22-19(24)13-7-9-16(28-2)10-8-13/h4-12H,3H2,1-2H3,(H,22,24). The third-order valence-electron chi connectivity index (χ3n) is 4.22. The number of non-ortho nitro benzene ring substituents is 1. The molecular formula is C21H18N2O6S. The van der Waals surface area contributed by atoms with Crippen molar-refractivity contribution in [1.29, 1.82) is 0 Å². The molecule has 0 aliphatic heterocycles. The van der Waals surface area contributed by atoms with E-state index in [-0.39, 0.29) is 17.9 Å². The maximum Gasteiger partial charge on any atom is 0.341 e. The van der Waals surface area contributed by atoms with Gasteiger partial charge >= 0.3 is 5.97 Å². The first kappa shape index (κ1) is 21.0. The zero-order valence-electron chi connectivity index (χ0n) is 16.2. The molecule has 1 heterocycles. The number of nitro groups is 1. The van der Waals surface area contributed by atoms with E-state index in [1.54, 1.807) is 42.6 Å². The molecule has 0 atom stereocenters. The van der Waals surface area contributed by atoms with Crippen LogP contribution in [0.25, 0.3) is 11.1 Å². The minimum atomic E-state index is -0.620. The summed E-state index contributed by atoms with van der Waals surface area (Å²) in [6, 6.07) is 12.5. The van der Waals surface area contributed by atoms with E-state index in [4.69, 9.17) is 9.47 Å². The van der Waals surface area contributed by atoms with Gasteiger partial charge in [0.1, 0.15) is 16.3 Å². The zero-order chi connectivity index (χ0) is 21.7. The summed E-state index contributed by atoms with van der Waals surface area (Å²) < 4.78 is 10.2. The van der Waals surface area contributed by atoms with Crippen molar-refractivity contribution in [2.24, 2.45) is 0 Å². The molecule has 9 heteroatoms. The number of nitro benzene ring substituents is 1. The van der Waals surface area contributed by atoms with E-state index < -0.39 is 16.8 Å². The van der Waals surface area contributed by atoms with E-state index in [0.717, 1.165) is 11.3 Å². The lowest BCUT2D eigenvalue weighted by Gasteiger charge is -2.09. The number of thiophene rings is 1. The highest BCUT2D eigenvalue weighted by Gasteiger charge is 2.24. The largest absolute Gasteiger partial charge is 0.497 e. The number of anilines is 1. The maximum absolute atomic E-state index is 12.6. The van der Waals surface area contributed by atoms with Crippen LogP contribution in [0.3, 0.4) is 0 Å². The molecule has 8 nitrogen and oxygen atoms in total. The van der Waals surface area contributed by atoms with Gasteiger partial charge in [0.05, 0.1) is 18.6 Å². The average Bonchev–Trinajstić information content (AvgIpc) is 3.17. The zero-order valence-corrected chi connectivity index (χ0v) is 17.0. The Bertz CT molecular complexity index is 1090. The van der Waals surface area contributed by atoms with Gasteiger partial charge in [-0.15, -0.1) is 11.3 Å². The van der Waals surface area contributed by atoms with Crippen LogP contribution in [0.1, 0.15) is 27.6 Å². The fourth-order valence-corrected chi connectivity index (χ4v) is 3.73. The van der Waals surface area contributed by atoms with E-state index in [9.17, 15) is 19.7 Å². The molecule has 3 aromatic rings. The Morgan fingerprint density at radius 1 is 1.17 bits per heavy atom. The number of rotatable bonds is 7. The number of hydrogen-bond donors (Lipinski definition) is 1. The lowest BCUT2D eigenvalue weighted by Crippen LogP contribution is -2.14. The molecule has 0 aliphatic rings. The first-order chi connectivity index (χ1) is 14.4. The maximum atomic E-state index is 12.6. The third kappa shape index (κ3) is 4.47. The summed E-state index contributed by atoms with van der Waals surface area (Å²) in [5, 5.41) is 15.8. The van der Waals surface area contributed by atoms with Gasteiger partial charge in [0.2, 0.25) is 0 Å². The molecule has 0 bridgehead atoms. The summed E-state index contributed by atoms with van der Waals surface area (Å²) in [7, 11) is 1.53. The molecule has 1 N–H and O–H groups in total. The Hall–Kier alpha value is -3.72. The highest BCUT2D eigenvalue weighted by Crippen LogP contribution is 2.37. The smallest absolute Gasteiger partial charge is 0.341 e. The van der Waals surface area contributed by atoms with Gasteiger partial charge in [-0.25, -0.2) is 4.79 Å². The molecule has 0 aliphatic carbocycles. The Morgan fingerprint density at radius 2 is 1.90 bits per heavy atom. The third-order valence-corrected chi connectivity index (χ3v) is 5.11. The summed E-state index contributed by atoms with van der Waals surface area (Å²) in [5.74, 6) is -0.413. The Balaban J connectivity index is 1.98. The van der Waals surface area contributed by atoms with Crippen molar-refractivity contribution in [2.75, 3.05) is 19.0 Å². The lowest BCUT2D eigenvalue weighted by atomic mass is 10.0. The molecule has 0 spiro atoms. The van der Waals surface area contributed by atoms with Crippen molar-refractivity contribution < 1.29 is 24.0 Å². The number of carbonyl (C=O) groups excluding carboxylic acids is 2. The van der Waals surface area contributed by atoms with Crippen LogP contribution in [-0.2, 0) is 4.74 Å². The van der Waals surface area contributed by atoms with E-state index in [1.807, 2.05) is 0 Å². The number of esters is 1. The number of methoxy groups -OCH3 is 1. The van der Waals surface area contributed by atoms with Crippen LogP contribution in [0, 0.1) is 10.1 Å². The van der Waals surface area contributed by atoms with Crippen molar-refractivity contribution in [3.63, 3.8) is 0 Å². The number of nitrogens with zero attached hydrogens (tertiary/aromatic N) is 1. The summed E-state index contributed by atoms with van der Waals surface area (Å²) in [5.41, 5.74) is 1.37. The monoisotopic (exact) mass is 426 g/mol. The number of nitrogens with one attached hydrogen (secondary N) is 1. The molecule has 30 heavy (non-hydrogen) atoms. The van der Waals surface area contributed by atoms with Crippen molar-refractivity contribution >= 4 is 33.9 Å². The highest BCUT2D eigenvalue weighted by atomic mass is 32.1. The van der Waals surface area contributed by atoms with Crippen LogP contribution in [0.4, 0.5) is 10.7 Å². The fraction of sp³-hybridized carbons (Fsp3) is 0.143. The molecular weight excluding hydrogens is 408 g/mol. The second-order valence-corrected chi connectivity index (χ2v) is 6.94. The second-order valence-electron chi connectivity index (χ2n) is 6.06.